The van der Waals surface area contributed by atoms with Crippen molar-refractivity contribution in [3.63, 3.8) is 0 Å². The van der Waals surface area contributed by atoms with E-state index in [-0.39, 0.29) is 11.8 Å². The Morgan fingerprint density at radius 1 is 0.758 bits per heavy atom. The largest absolute Gasteiger partial charge is 0.285 e. The fourth-order valence-corrected chi connectivity index (χ4v) is 9.39. The van der Waals surface area contributed by atoms with E-state index in [9.17, 15) is 25.3 Å². The first-order valence-corrected chi connectivity index (χ1v) is 16.7. The molecule has 0 aromatic heterocycles. The van der Waals surface area contributed by atoms with Gasteiger partial charge in [0, 0.05) is 11.8 Å². The van der Waals surface area contributed by atoms with Gasteiger partial charge in [0.2, 0.25) is 20.0 Å². The summed E-state index contributed by atoms with van der Waals surface area (Å²) < 4.78 is 66.9. The summed E-state index contributed by atoms with van der Waals surface area (Å²) in [5, 5.41) is 0. The average molecular weight is 531 g/mol. The molecule has 198 valence electrons. The molecule has 0 saturated heterocycles. The lowest BCUT2D eigenvalue weighted by molar-refractivity contribution is 0.464. The van der Waals surface area contributed by atoms with Crippen LogP contribution >= 0.6 is 0 Å². The minimum atomic E-state index is -3.68. The number of sulfone groups is 1. The van der Waals surface area contributed by atoms with Crippen LogP contribution in [0.4, 0.5) is 0 Å². The minimum Gasteiger partial charge on any atom is -0.285 e. The van der Waals surface area contributed by atoms with E-state index in [0.29, 0.717) is 21.1 Å². The summed E-state index contributed by atoms with van der Waals surface area (Å²) in [6.07, 6.45) is 1.74. The highest BCUT2D eigenvalue weighted by Gasteiger charge is 2.29. The highest BCUT2D eigenvalue weighted by atomic mass is 32.3. The van der Waals surface area contributed by atoms with Crippen molar-refractivity contribution in [2.24, 2.45) is 22.7 Å². The lowest BCUT2D eigenvalue weighted by Gasteiger charge is -2.20. The van der Waals surface area contributed by atoms with Gasteiger partial charge in [-0.05, 0) is 56.6 Å². The van der Waals surface area contributed by atoms with E-state index in [0.717, 1.165) is 19.1 Å². The van der Waals surface area contributed by atoms with E-state index in [2.05, 4.69) is 32.7 Å². The number of allylic oxidation sites excluding steroid dienone is 1. The van der Waals surface area contributed by atoms with Crippen LogP contribution in [-0.2, 0) is 29.9 Å². The van der Waals surface area contributed by atoms with E-state index >= 15 is 0 Å². The van der Waals surface area contributed by atoms with E-state index in [1.54, 1.807) is 0 Å². The molecule has 0 saturated carbocycles. The maximum atomic E-state index is 11.3. The molecule has 0 aliphatic carbocycles. The Bertz CT molecular complexity index is 941. The van der Waals surface area contributed by atoms with Gasteiger partial charge in [-0.15, -0.1) is 0 Å². The lowest BCUT2D eigenvalue weighted by Crippen LogP contribution is -2.40. The molecule has 0 aromatic rings. The normalized spacial score (nSPS) is 15.1. The Balaban J connectivity index is 0. The van der Waals surface area contributed by atoms with Crippen LogP contribution < -0.4 is 0 Å². The first kappa shape index (κ1) is 34.4. The third-order valence-electron chi connectivity index (χ3n) is 4.23. The molecule has 33 heavy (non-hydrogen) atoms. The van der Waals surface area contributed by atoms with Crippen LogP contribution in [0.5, 0.6) is 0 Å². The molecule has 0 fully saturated rings. The van der Waals surface area contributed by atoms with Crippen LogP contribution in [0.1, 0.15) is 69.2 Å². The number of sulfonamides is 2. The second-order valence-corrected chi connectivity index (χ2v) is 16.1. The van der Waals surface area contributed by atoms with E-state index < -0.39 is 35.9 Å². The van der Waals surface area contributed by atoms with Crippen LogP contribution in [0.25, 0.3) is 0 Å². The summed E-state index contributed by atoms with van der Waals surface area (Å²) in [5.41, 5.74) is 4.17. The number of hydrogen-bond acceptors (Lipinski definition) is 7. The quantitative estimate of drug-likeness (QED) is 0.471. The van der Waals surface area contributed by atoms with Crippen LogP contribution in [0, 0.1) is 17.8 Å². The molecule has 0 unspecified atom stereocenters. The van der Waals surface area contributed by atoms with Crippen molar-refractivity contribution >= 4 is 35.6 Å². The highest BCUT2D eigenvalue weighted by Crippen LogP contribution is 2.21. The molecule has 1 rings (SSSR count). The zero-order valence-corrected chi connectivity index (χ0v) is 24.9. The second kappa shape index (κ2) is 13.9. The Kier molecular flexibility index (Phi) is 14.5. The molecular formula is C22H46N2O6S3. The summed E-state index contributed by atoms with van der Waals surface area (Å²) in [6.45, 7) is 20.4. The number of rotatable bonds is 8. The summed E-state index contributed by atoms with van der Waals surface area (Å²) in [7, 11) is -10.1. The van der Waals surface area contributed by atoms with Gasteiger partial charge in [0.1, 0.15) is 0 Å². The molecule has 0 radical (unpaired) electrons. The molecule has 0 N–H and O–H groups in total. The molecule has 11 heteroatoms. The molecule has 0 aromatic carbocycles. The van der Waals surface area contributed by atoms with Gasteiger partial charge in [-0.2, -0.15) is 0 Å². The monoisotopic (exact) mass is 530 g/mol. The van der Waals surface area contributed by atoms with Crippen LogP contribution in [0.3, 0.4) is 0 Å². The molecule has 1 heterocycles. The smallest absolute Gasteiger partial charge is 0.224 e. The van der Waals surface area contributed by atoms with Crippen molar-refractivity contribution < 1.29 is 25.3 Å². The summed E-state index contributed by atoms with van der Waals surface area (Å²) >= 11 is 0. The predicted octanol–water partition coefficient (Wildman–Crippen LogP) is 3.76. The SMILES string of the molecule is CC(C)CS(=O)(=O)CC(C)C.CC(C)N(S(C)(=O)=O)S(C)(=O)=O.CC1=NCC(C)=C1C(C)C. The Morgan fingerprint density at radius 2 is 1.12 bits per heavy atom. The topological polar surface area (TPSA) is 118 Å². The maximum Gasteiger partial charge on any atom is 0.224 e. The summed E-state index contributed by atoms with van der Waals surface area (Å²) in [4.78, 5) is 4.36. The number of hydrogen-bond donors (Lipinski definition) is 0. The Labute approximate surface area is 204 Å². The van der Waals surface area contributed by atoms with Crippen LogP contribution in [0.15, 0.2) is 16.1 Å². The average Bonchev–Trinajstić information content (AvgIpc) is 2.80. The van der Waals surface area contributed by atoms with E-state index in [4.69, 9.17) is 0 Å². The molecule has 0 spiro atoms. The molecule has 1 aliphatic heterocycles. The first-order valence-electron chi connectivity index (χ1n) is 11.1. The van der Waals surface area contributed by atoms with Gasteiger partial charge in [-0.1, -0.05) is 45.3 Å². The van der Waals surface area contributed by atoms with Gasteiger partial charge in [-0.25, -0.2) is 25.3 Å². The lowest BCUT2D eigenvalue weighted by atomic mass is 9.96. The number of aliphatic imine (C=N–C) groups is 1. The summed E-state index contributed by atoms with van der Waals surface area (Å²) in [6, 6.07) is -0.574. The van der Waals surface area contributed by atoms with Gasteiger partial charge < -0.3 is 0 Å². The Morgan fingerprint density at radius 3 is 1.24 bits per heavy atom. The molecular weight excluding hydrogens is 484 g/mol. The van der Waals surface area contributed by atoms with Crippen molar-refractivity contribution in [3.05, 3.63) is 11.1 Å². The van der Waals surface area contributed by atoms with E-state index in [1.807, 2.05) is 27.7 Å². The number of nitrogens with zero attached hydrogens (tertiary/aromatic N) is 2. The molecule has 0 amide bonds. The van der Waals surface area contributed by atoms with Gasteiger partial charge in [0.25, 0.3) is 0 Å². The molecule has 0 atom stereocenters. The second-order valence-electron chi connectivity index (χ2n) is 9.96. The third kappa shape index (κ3) is 15.0. The Hall–Kier alpha value is -0.780. The van der Waals surface area contributed by atoms with Crippen LogP contribution in [-0.4, -0.2) is 71.3 Å². The first-order chi connectivity index (χ1) is 14.5. The zero-order chi connectivity index (χ0) is 26.9. The van der Waals surface area contributed by atoms with Gasteiger partial charge in [-0.3, -0.25) is 4.99 Å². The minimum absolute atomic E-state index is 0.249. The van der Waals surface area contributed by atoms with Crippen molar-refractivity contribution in [2.45, 2.75) is 75.3 Å². The van der Waals surface area contributed by atoms with Crippen molar-refractivity contribution in [2.75, 3.05) is 30.6 Å². The van der Waals surface area contributed by atoms with Gasteiger partial charge in [0.15, 0.2) is 9.84 Å². The fourth-order valence-electron chi connectivity index (χ4n) is 3.72. The van der Waals surface area contributed by atoms with Gasteiger partial charge in [0.05, 0.1) is 30.6 Å². The molecule has 1 aliphatic rings. The third-order valence-corrected chi connectivity index (χ3v) is 10.4. The van der Waals surface area contributed by atoms with Gasteiger partial charge >= 0.3 is 0 Å². The van der Waals surface area contributed by atoms with Crippen molar-refractivity contribution in [1.82, 2.24) is 3.71 Å². The molecule has 8 nitrogen and oxygen atoms in total. The van der Waals surface area contributed by atoms with Crippen molar-refractivity contribution in [3.8, 4) is 0 Å². The van der Waals surface area contributed by atoms with E-state index in [1.165, 1.54) is 30.7 Å². The summed E-state index contributed by atoms with van der Waals surface area (Å²) in [5.74, 6) is 1.79. The maximum absolute atomic E-state index is 11.3. The molecule has 0 bridgehead atoms. The standard InChI is InChI=1S/C9H15N.C8H18O2S.C5H13NO4S2/c1-6(2)9-7(3)5-10-8(9)4;1-7(2)5-11(9,10)6-8(3)4;1-5(2)6(11(3,7)8)12(4,9)10/h6H,5H2,1-4H3;7-8H,5-6H2,1-4H3;5H,1-4H3. The zero-order valence-electron chi connectivity index (χ0n) is 22.5. The predicted molar refractivity (Wildman–Crippen MR) is 141 cm³/mol. The van der Waals surface area contributed by atoms with Crippen LogP contribution in [0.2, 0.25) is 0 Å². The fraction of sp³-hybridized carbons (Fsp3) is 0.864. The van der Waals surface area contributed by atoms with Crippen molar-refractivity contribution in [1.29, 1.82) is 0 Å². The highest BCUT2D eigenvalue weighted by molar-refractivity contribution is 8.03.